The minimum Gasteiger partial charge on any atom is -0.344 e. The fourth-order valence-electron chi connectivity index (χ4n) is 4.18. The van der Waals surface area contributed by atoms with Crippen LogP contribution in [0.15, 0.2) is 48.8 Å². The van der Waals surface area contributed by atoms with Crippen molar-refractivity contribution in [3.63, 3.8) is 0 Å². The highest BCUT2D eigenvalue weighted by Gasteiger charge is 2.44. The molecule has 1 fully saturated rings. The van der Waals surface area contributed by atoms with Gasteiger partial charge in [0.2, 0.25) is 5.95 Å². The molecule has 1 N–H and O–H groups in total. The van der Waals surface area contributed by atoms with E-state index in [1.165, 1.54) is 0 Å². The third kappa shape index (κ3) is 3.27. The molecule has 30 heavy (non-hydrogen) atoms. The van der Waals surface area contributed by atoms with E-state index in [0.29, 0.717) is 13.0 Å². The standard InChI is InChI=1S/C22H22F2N6/c1-14-20-17(15-5-6-18-16(12-15)4-3-9-25-18)7-11-30(20)28-21(26-14)27-19-8-10-29(2)13-22(19,23)24/h3-7,9,11-12,19H,8,10,13H2,1-2H3,(H,27,28). The van der Waals surface area contributed by atoms with Gasteiger partial charge in [-0.1, -0.05) is 12.1 Å². The van der Waals surface area contributed by atoms with Gasteiger partial charge in [0.25, 0.3) is 5.92 Å². The average molecular weight is 408 g/mol. The molecule has 0 aliphatic carbocycles. The van der Waals surface area contributed by atoms with E-state index < -0.39 is 12.0 Å². The summed E-state index contributed by atoms with van der Waals surface area (Å²) in [6, 6.07) is 11.0. The third-order valence-corrected chi connectivity index (χ3v) is 5.69. The van der Waals surface area contributed by atoms with E-state index in [0.717, 1.165) is 33.2 Å². The Kier molecular flexibility index (Phi) is 4.39. The molecule has 1 saturated heterocycles. The van der Waals surface area contributed by atoms with Gasteiger partial charge in [-0.15, -0.1) is 5.10 Å². The zero-order chi connectivity index (χ0) is 20.9. The molecule has 0 spiro atoms. The Balaban J connectivity index is 1.50. The van der Waals surface area contributed by atoms with Crippen LogP contribution in [0.1, 0.15) is 12.1 Å². The molecule has 6 nitrogen and oxygen atoms in total. The van der Waals surface area contributed by atoms with Crippen molar-refractivity contribution < 1.29 is 8.78 Å². The van der Waals surface area contributed by atoms with Gasteiger partial charge >= 0.3 is 0 Å². The van der Waals surface area contributed by atoms with Crippen LogP contribution in [0.2, 0.25) is 0 Å². The van der Waals surface area contributed by atoms with Gasteiger partial charge in [0.15, 0.2) is 0 Å². The Bertz CT molecular complexity index is 1230. The minimum atomic E-state index is -2.83. The summed E-state index contributed by atoms with van der Waals surface area (Å²) in [5.74, 6) is -2.61. The number of fused-ring (bicyclic) bond motifs is 2. The van der Waals surface area contributed by atoms with Gasteiger partial charge in [0.1, 0.15) is 0 Å². The number of alkyl halides is 2. The number of nitrogens with zero attached hydrogens (tertiary/aromatic N) is 5. The smallest absolute Gasteiger partial charge is 0.280 e. The molecule has 0 bridgehead atoms. The predicted octanol–water partition coefficient (Wildman–Crippen LogP) is 4.00. The molecule has 1 aliphatic rings. The maximum atomic E-state index is 14.4. The molecule has 0 saturated carbocycles. The third-order valence-electron chi connectivity index (χ3n) is 5.69. The van der Waals surface area contributed by atoms with Gasteiger partial charge in [-0.2, -0.15) is 0 Å². The fourth-order valence-corrected chi connectivity index (χ4v) is 4.18. The number of piperidine rings is 1. The second kappa shape index (κ2) is 6.98. The Morgan fingerprint density at radius 1 is 1.20 bits per heavy atom. The first-order valence-electron chi connectivity index (χ1n) is 9.95. The van der Waals surface area contributed by atoms with Crippen LogP contribution in [-0.4, -0.2) is 56.6 Å². The molecule has 1 aromatic carbocycles. The van der Waals surface area contributed by atoms with Gasteiger partial charge < -0.3 is 10.2 Å². The fraction of sp³-hybridized carbons (Fsp3) is 0.318. The lowest BCUT2D eigenvalue weighted by molar-refractivity contribution is -0.0675. The molecule has 4 aromatic rings. The van der Waals surface area contributed by atoms with E-state index >= 15 is 0 Å². The highest BCUT2D eigenvalue weighted by Crippen LogP contribution is 2.31. The molecule has 154 valence electrons. The molecule has 8 heteroatoms. The van der Waals surface area contributed by atoms with Crippen molar-refractivity contribution in [3.05, 3.63) is 54.5 Å². The lowest BCUT2D eigenvalue weighted by Gasteiger charge is -2.36. The first-order valence-corrected chi connectivity index (χ1v) is 9.95. The first kappa shape index (κ1) is 18.9. The van der Waals surface area contributed by atoms with Gasteiger partial charge in [0.05, 0.1) is 29.3 Å². The number of anilines is 1. The van der Waals surface area contributed by atoms with E-state index in [-0.39, 0.29) is 12.5 Å². The largest absolute Gasteiger partial charge is 0.344 e. The maximum absolute atomic E-state index is 14.4. The van der Waals surface area contributed by atoms with E-state index in [9.17, 15) is 8.78 Å². The van der Waals surface area contributed by atoms with Crippen LogP contribution in [0.3, 0.4) is 0 Å². The zero-order valence-electron chi connectivity index (χ0n) is 16.8. The van der Waals surface area contributed by atoms with Crippen molar-refractivity contribution in [2.45, 2.75) is 25.3 Å². The van der Waals surface area contributed by atoms with Crippen molar-refractivity contribution in [1.29, 1.82) is 0 Å². The van der Waals surface area contributed by atoms with Crippen molar-refractivity contribution >= 4 is 22.4 Å². The topological polar surface area (TPSA) is 58.4 Å². The second-order valence-electron chi connectivity index (χ2n) is 7.94. The number of pyridine rings is 1. The van der Waals surface area contributed by atoms with Gasteiger partial charge in [0, 0.05) is 29.9 Å². The number of hydrogen-bond donors (Lipinski definition) is 1. The Hall–Kier alpha value is -3.13. The number of nitrogens with one attached hydrogen (secondary N) is 1. The number of aryl methyl sites for hydroxylation is 1. The summed E-state index contributed by atoms with van der Waals surface area (Å²) in [6.07, 6.45) is 3.95. The molecule has 1 atom stereocenters. The van der Waals surface area contributed by atoms with E-state index in [4.69, 9.17) is 0 Å². The van der Waals surface area contributed by atoms with Crippen LogP contribution < -0.4 is 5.32 Å². The molecule has 0 radical (unpaired) electrons. The minimum absolute atomic E-state index is 0.221. The van der Waals surface area contributed by atoms with Crippen LogP contribution in [0.25, 0.3) is 27.5 Å². The highest BCUT2D eigenvalue weighted by molar-refractivity contribution is 5.89. The van der Waals surface area contributed by atoms with Gasteiger partial charge in [-0.3, -0.25) is 4.98 Å². The normalized spacial score (nSPS) is 19.4. The Labute approximate surface area is 172 Å². The van der Waals surface area contributed by atoms with Crippen molar-refractivity contribution in [3.8, 4) is 11.1 Å². The molecular formula is C22H22F2N6. The van der Waals surface area contributed by atoms with Crippen LogP contribution in [0.5, 0.6) is 0 Å². The van der Waals surface area contributed by atoms with Gasteiger partial charge in [-0.25, -0.2) is 18.3 Å². The monoisotopic (exact) mass is 408 g/mol. The molecule has 1 unspecified atom stereocenters. The van der Waals surface area contributed by atoms with Gasteiger partial charge in [-0.05, 0) is 50.2 Å². The molecule has 3 aromatic heterocycles. The summed E-state index contributed by atoms with van der Waals surface area (Å²) in [7, 11) is 1.71. The molecule has 4 heterocycles. The van der Waals surface area contributed by atoms with Crippen LogP contribution in [0, 0.1) is 6.92 Å². The van der Waals surface area contributed by atoms with Crippen molar-refractivity contribution in [1.82, 2.24) is 24.5 Å². The second-order valence-corrected chi connectivity index (χ2v) is 7.94. The molecular weight excluding hydrogens is 386 g/mol. The van der Waals surface area contributed by atoms with Crippen molar-refractivity contribution in [2.75, 3.05) is 25.5 Å². The predicted molar refractivity (Wildman–Crippen MR) is 113 cm³/mol. The van der Waals surface area contributed by atoms with Crippen LogP contribution in [0.4, 0.5) is 14.7 Å². The number of halogens is 2. The average Bonchev–Trinajstić information content (AvgIpc) is 3.14. The van der Waals surface area contributed by atoms with Crippen LogP contribution in [-0.2, 0) is 0 Å². The highest BCUT2D eigenvalue weighted by atomic mass is 19.3. The van der Waals surface area contributed by atoms with E-state index in [2.05, 4.69) is 26.4 Å². The summed E-state index contributed by atoms with van der Waals surface area (Å²) in [5.41, 5.74) is 4.55. The number of likely N-dealkylation sites (tertiary alicyclic amines) is 1. The lowest BCUT2D eigenvalue weighted by atomic mass is 10.0. The zero-order valence-corrected chi connectivity index (χ0v) is 16.8. The summed E-state index contributed by atoms with van der Waals surface area (Å²) in [5, 5.41) is 8.38. The number of benzene rings is 1. The Morgan fingerprint density at radius 3 is 2.90 bits per heavy atom. The number of rotatable bonds is 3. The van der Waals surface area contributed by atoms with E-state index in [1.54, 1.807) is 22.7 Å². The maximum Gasteiger partial charge on any atom is 0.280 e. The van der Waals surface area contributed by atoms with E-state index in [1.807, 2.05) is 43.5 Å². The Morgan fingerprint density at radius 2 is 2.07 bits per heavy atom. The molecule has 1 aliphatic heterocycles. The lowest BCUT2D eigenvalue weighted by Crippen LogP contribution is -2.53. The number of aromatic nitrogens is 4. The SMILES string of the molecule is Cc1nc(NC2CCN(C)CC2(F)F)nn2ccc(-c3ccc4ncccc4c3)c12. The summed E-state index contributed by atoms with van der Waals surface area (Å²) in [4.78, 5) is 10.5. The first-order chi connectivity index (χ1) is 14.4. The summed E-state index contributed by atoms with van der Waals surface area (Å²) in [6.45, 7) is 2.22. The summed E-state index contributed by atoms with van der Waals surface area (Å²) >= 11 is 0. The molecule has 0 amide bonds. The molecule has 5 rings (SSSR count). The van der Waals surface area contributed by atoms with Crippen molar-refractivity contribution in [2.24, 2.45) is 0 Å². The summed E-state index contributed by atoms with van der Waals surface area (Å²) < 4.78 is 30.5. The quantitative estimate of drug-likeness (QED) is 0.555. The van der Waals surface area contributed by atoms with Crippen LogP contribution >= 0.6 is 0 Å². The number of hydrogen-bond acceptors (Lipinski definition) is 5.